The van der Waals surface area contributed by atoms with Crippen molar-refractivity contribution in [3.8, 4) is 0 Å². The molecule has 0 unspecified atom stereocenters. The van der Waals surface area contributed by atoms with Gasteiger partial charge in [-0.25, -0.2) is 13.6 Å². The van der Waals surface area contributed by atoms with Crippen molar-refractivity contribution in [3.63, 3.8) is 0 Å². The minimum absolute atomic E-state index is 0.0154. The molecule has 4 nitrogen and oxygen atoms in total. The van der Waals surface area contributed by atoms with Crippen LogP contribution < -0.4 is 0 Å². The molecule has 0 saturated carbocycles. The number of aromatic carboxylic acids is 1. The Bertz CT molecular complexity index is 1010. The molecule has 1 N–H and O–H groups in total. The maximum absolute atomic E-state index is 13.7. The Labute approximate surface area is 148 Å². The van der Waals surface area contributed by atoms with Crippen LogP contribution in [0, 0.1) is 11.6 Å². The third-order valence-electron chi connectivity index (χ3n) is 4.72. The Balaban J connectivity index is 1.78. The molecule has 0 spiro atoms. The highest BCUT2D eigenvalue weighted by molar-refractivity contribution is 6.04. The predicted molar refractivity (Wildman–Crippen MR) is 92.9 cm³/mol. The fourth-order valence-corrected chi connectivity index (χ4v) is 3.51. The zero-order chi connectivity index (χ0) is 18.3. The van der Waals surface area contributed by atoms with Crippen molar-refractivity contribution in [2.75, 3.05) is 6.54 Å². The van der Waals surface area contributed by atoms with Crippen molar-refractivity contribution in [2.24, 2.45) is 0 Å². The maximum Gasteiger partial charge on any atom is 0.336 e. The van der Waals surface area contributed by atoms with Gasteiger partial charge in [0.05, 0.1) is 11.1 Å². The lowest BCUT2D eigenvalue weighted by Crippen LogP contribution is -2.32. The highest BCUT2D eigenvalue weighted by Gasteiger charge is 2.26. The number of aromatic nitrogens is 1. The first-order valence-electron chi connectivity index (χ1n) is 8.33. The number of carboxylic acid groups (broad SMARTS) is 1. The van der Waals surface area contributed by atoms with E-state index in [1.165, 1.54) is 0 Å². The summed E-state index contributed by atoms with van der Waals surface area (Å²) >= 11 is 0. The van der Waals surface area contributed by atoms with E-state index in [9.17, 15) is 18.7 Å². The van der Waals surface area contributed by atoms with Crippen LogP contribution in [0.4, 0.5) is 8.78 Å². The van der Waals surface area contributed by atoms with E-state index >= 15 is 0 Å². The predicted octanol–water partition coefficient (Wildman–Crippen LogP) is 3.77. The van der Waals surface area contributed by atoms with Crippen molar-refractivity contribution < 1.29 is 18.7 Å². The molecule has 2 aromatic carbocycles. The van der Waals surface area contributed by atoms with Crippen molar-refractivity contribution in [3.05, 3.63) is 76.5 Å². The Kier molecular flexibility index (Phi) is 4.12. The summed E-state index contributed by atoms with van der Waals surface area (Å²) in [6, 6.07) is 11.8. The quantitative estimate of drug-likeness (QED) is 0.778. The van der Waals surface area contributed by atoms with Crippen LogP contribution in [-0.4, -0.2) is 27.5 Å². The van der Waals surface area contributed by atoms with Crippen molar-refractivity contribution in [1.29, 1.82) is 0 Å². The van der Waals surface area contributed by atoms with E-state index < -0.39 is 17.6 Å². The van der Waals surface area contributed by atoms with Crippen LogP contribution in [0.5, 0.6) is 0 Å². The molecule has 26 heavy (non-hydrogen) atoms. The number of carboxylic acids is 1. The number of fused-ring (bicyclic) bond motifs is 2. The van der Waals surface area contributed by atoms with Gasteiger partial charge in [-0.1, -0.05) is 30.3 Å². The minimum atomic E-state index is -1.15. The monoisotopic (exact) mass is 354 g/mol. The lowest BCUT2D eigenvalue weighted by atomic mass is 9.95. The van der Waals surface area contributed by atoms with Gasteiger partial charge in [0.15, 0.2) is 11.6 Å². The summed E-state index contributed by atoms with van der Waals surface area (Å²) in [7, 11) is 0. The van der Waals surface area contributed by atoms with E-state index in [4.69, 9.17) is 0 Å². The zero-order valence-corrected chi connectivity index (χ0v) is 13.9. The summed E-state index contributed by atoms with van der Waals surface area (Å²) in [6.45, 7) is 1.83. The molecule has 4 rings (SSSR count). The van der Waals surface area contributed by atoms with Gasteiger partial charge in [0.25, 0.3) is 0 Å². The van der Waals surface area contributed by atoms with Crippen molar-refractivity contribution in [1.82, 2.24) is 9.88 Å². The van der Waals surface area contributed by atoms with E-state index in [0.717, 1.165) is 24.2 Å². The number of hydrogen-bond donors (Lipinski definition) is 1. The second kappa shape index (κ2) is 6.46. The molecule has 0 aliphatic carbocycles. The third-order valence-corrected chi connectivity index (χ3v) is 4.72. The molecule has 0 amide bonds. The second-order valence-electron chi connectivity index (χ2n) is 6.45. The molecule has 132 valence electrons. The average molecular weight is 354 g/mol. The Morgan fingerprint density at radius 2 is 1.88 bits per heavy atom. The molecular weight excluding hydrogens is 338 g/mol. The van der Waals surface area contributed by atoms with E-state index in [1.807, 2.05) is 30.3 Å². The first kappa shape index (κ1) is 16.6. The second-order valence-corrected chi connectivity index (χ2v) is 6.45. The largest absolute Gasteiger partial charge is 0.478 e. The molecule has 1 aliphatic heterocycles. The number of nitrogens with zero attached hydrogens (tertiary/aromatic N) is 2. The summed E-state index contributed by atoms with van der Waals surface area (Å²) in [5, 5.41) is 9.85. The number of carbonyl (C=O) groups is 1. The van der Waals surface area contributed by atoms with E-state index in [2.05, 4.69) is 9.88 Å². The molecule has 0 bridgehead atoms. The van der Waals surface area contributed by atoms with Crippen LogP contribution in [-0.2, 0) is 19.5 Å². The smallest absolute Gasteiger partial charge is 0.336 e. The summed E-state index contributed by atoms with van der Waals surface area (Å²) in [4.78, 5) is 18.4. The maximum atomic E-state index is 13.7. The number of halogens is 2. The fraction of sp³-hybridized carbons (Fsp3) is 0.200. The number of hydrogen-bond acceptors (Lipinski definition) is 3. The standard InChI is InChI=1S/C20H16F2N2O2/c21-15-8-13-18(9-16(15)22)23-17-6-7-24(10-12-4-2-1-3-5-12)11-14(17)19(13)20(25)26/h1-5,8-9H,6-7,10-11H2,(H,25,26). The van der Waals surface area contributed by atoms with Gasteiger partial charge >= 0.3 is 5.97 Å². The molecule has 3 aromatic rings. The van der Waals surface area contributed by atoms with Gasteiger partial charge in [-0.15, -0.1) is 0 Å². The summed E-state index contributed by atoms with van der Waals surface area (Å²) in [6.07, 6.45) is 0.567. The van der Waals surface area contributed by atoms with Crippen LogP contribution in [0.3, 0.4) is 0 Å². The van der Waals surface area contributed by atoms with E-state index in [1.54, 1.807) is 0 Å². The van der Waals surface area contributed by atoms with E-state index in [0.29, 0.717) is 30.8 Å². The SMILES string of the molecule is O=C(O)c1c2c(nc3cc(F)c(F)cc13)CCN(Cc1ccccc1)C2. The Morgan fingerprint density at radius 1 is 1.15 bits per heavy atom. The number of pyridine rings is 1. The van der Waals surface area contributed by atoms with Crippen LogP contribution in [0.1, 0.15) is 27.2 Å². The van der Waals surface area contributed by atoms with Gasteiger partial charge in [-0.2, -0.15) is 0 Å². The molecule has 0 saturated heterocycles. The highest BCUT2D eigenvalue weighted by atomic mass is 19.2. The number of rotatable bonds is 3. The van der Waals surface area contributed by atoms with Gasteiger partial charge in [-0.05, 0) is 11.6 Å². The first-order chi connectivity index (χ1) is 12.5. The van der Waals surface area contributed by atoms with Crippen LogP contribution >= 0.6 is 0 Å². The van der Waals surface area contributed by atoms with Gasteiger partial charge < -0.3 is 5.11 Å². The Morgan fingerprint density at radius 3 is 2.62 bits per heavy atom. The minimum Gasteiger partial charge on any atom is -0.478 e. The van der Waals surface area contributed by atoms with Gasteiger partial charge in [0.1, 0.15) is 0 Å². The average Bonchev–Trinajstić information content (AvgIpc) is 2.62. The fourth-order valence-electron chi connectivity index (χ4n) is 3.51. The normalized spacial score (nSPS) is 14.4. The summed E-state index contributed by atoms with van der Waals surface area (Å²) < 4.78 is 27.2. The van der Waals surface area contributed by atoms with Crippen LogP contribution in [0.25, 0.3) is 10.9 Å². The molecule has 1 aromatic heterocycles. The number of benzene rings is 2. The van der Waals surface area contributed by atoms with Gasteiger partial charge in [-0.3, -0.25) is 9.88 Å². The van der Waals surface area contributed by atoms with E-state index in [-0.39, 0.29) is 16.5 Å². The lowest BCUT2D eigenvalue weighted by Gasteiger charge is -2.29. The van der Waals surface area contributed by atoms with Crippen molar-refractivity contribution >= 4 is 16.9 Å². The molecular formula is C20H16F2N2O2. The van der Waals surface area contributed by atoms with Crippen molar-refractivity contribution in [2.45, 2.75) is 19.5 Å². The summed E-state index contributed by atoms with van der Waals surface area (Å²) in [5.41, 5.74) is 2.55. The molecule has 0 radical (unpaired) electrons. The molecule has 6 heteroatoms. The molecule has 2 heterocycles. The molecule has 0 fully saturated rings. The van der Waals surface area contributed by atoms with Crippen LogP contribution in [0.15, 0.2) is 42.5 Å². The third kappa shape index (κ3) is 2.93. The summed E-state index contributed by atoms with van der Waals surface area (Å²) in [5.74, 6) is -3.25. The van der Waals surface area contributed by atoms with Gasteiger partial charge in [0.2, 0.25) is 0 Å². The Hall–Kier alpha value is -2.86. The highest BCUT2D eigenvalue weighted by Crippen LogP contribution is 2.30. The zero-order valence-electron chi connectivity index (χ0n) is 13.9. The topological polar surface area (TPSA) is 53.4 Å². The first-order valence-corrected chi connectivity index (χ1v) is 8.33. The lowest BCUT2D eigenvalue weighted by molar-refractivity contribution is 0.0695. The molecule has 0 atom stereocenters. The van der Waals surface area contributed by atoms with Gasteiger partial charge in [0, 0.05) is 48.8 Å². The van der Waals surface area contributed by atoms with Crippen LogP contribution in [0.2, 0.25) is 0 Å². The molecule has 1 aliphatic rings.